The zero-order valence-electron chi connectivity index (χ0n) is 37.4. The molecule has 0 radical (unpaired) electrons. The first-order valence-electron chi connectivity index (χ1n) is 24.5. The van der Waals surface area contributed by atoms with Gasteiger partial charge in [-0.05, 0) is 47.5 Å². The highest BCUT2D eigenvalue weighted by Gasteiger charge is 2.33. The molecular formula is C66H34N4. The summed E-state index contributed by atoms with van der Waals surface area (Å²) in [5.41, 5.74) is 20.2. The van der Waals surface area contributed by atoms with E-state index >= 15 is 0 Å². The Bertz CT molecular complexity index is 5170. The lowest BCUT2D eigenvalue weighted by Gasteiger charge is -2.16. The lowest BCUT2D eigenvalue weighted by atomic mass is 9.89. The molecule has 0 amide bonds. The molecule has 0 fully saturated rings. The van der Waals surface area contributed by atoms with Gasteiger partial charge in [0, 0.05) is 97.3 Å². The molecule has 0 atom stereocenters. The third-order valence-electron chi connectivity index (χ3n) is 16.8. The van der Waals surface area contributed by atoms with Gasteiger partial charge in [-0.2, -0.15) is 0 Å². The van der Waals surface area contributed by atoms with E-state index in [2.05, 4.69) is 224 Å². The molecule has 0 saturated heterocycles. The van der Waals surface area contributed by atoms with Crippen LogP contribution in [-0.4, -0.2) is 17.6 Å². The van der Waals surface area contributed by atoms with Crippen molar-refractivity contribution in [1.82, 2.24) is 17.6 Å². The second kappa shape index (κ2) is 11.6. The lowest BCUT2D eigenvalue weighted by Crippen LogP contribution is -1.93. The molecule has 0 aliphatic heterocycles. The van der Waals surface area contributed by atoms with Crippen molar-refractivity contribution in [1.29, 1.82) is 0 Å². The van der Waals surface area contributed by atoms with E-state index in [0.717, 1.165) is 0 Å². The van der Waals surface area contributed by atoms with Gasteiger partial charge >= 0.3 is 0 Å². The van der Waals surface area contributed by atoms with Gasteiger partial charge in [0.2, 0.25) is 0 Å². The average Bonchev–Trinajstić information content (AvgIpc) is 4.32. The fourth-order valence-corrected chi connectivity index (χ4v) is 14.5. The second-order valence-corrected chi connectivity index (χ2v) is 19.8. The number of hydrogen-bond acceptors (Lipinski definition) is 0. The Morgan fingerprint density at radius 2 is 0.514 bits per heavy atom. The lowest BCUT2D eigenvalue weighted by molar-refractivity contribution is 1.36. The van der Waals surface area contributed by atoms with Crippen LogP contribution < -0.4 is 0 Å². The predicted molar refractivity (Wildman–Crippen MR) is 296 cm³/mol. The molecule has 4 heteroatoms. The normalized spacial score (nSPS) is 13.1. The summed E-state index contributed by atoms with van der Waals surface area (Å²) in [7, 11) is 0. The van der Waals surface area contributed by atoms with E-state index in [1.807, 2.05) is 0 Å². The minimum Gasteiger partial charge on any atom is -0.308 e. The smallest absolute Gasteiger partial charge is 0.0634 e. The maximum absolute atomic E-state index is 2.69. The number of fused-ring (bicyclic) bond motifs is 26. The molecule has 0 spiro atoms. The van der Waals surface area contributed by atoms with E-state index < -0.39 is 0 Å². The van der Waals surface area contributed by atoms with Crippen molar-refractivity contribution in [2.24, 2.45) is 0 Å². The summed E-state index contributed by atoms with van der Waals surface area (Å²) in [6.45, 7) is 0. The van der Waals surface area contributed by atoms with Crippen LogP contribution in [0.5, 0.6) is 0 Å². The Hall–Kier alpha value is -9.38. The van der Waals surface area contributed by atoms with Crippen LogP contribution in [0.2, 0.25) is 0 Å². The van der Waals surface area contributed by atoms with Crippen LogP contribution in [0.25, 0.3) is 175 Å². The Morgan fingerprint density at radius 1 is 0.186 bits per heavy atom. The van der Waals surface area contributed by atoms with Crippen LogP contribution in [0.1, 0.15) is 0 Å². The van der Waals surface area contributed by atoms with Crippen molar-refractivity contribution in [3.8, 4) is 22.3 Å². The SMILES string of the molecule is c1ccc(-c2c3c4cccc5c6c7c8ccccc8n8c9ccccc9c(cc6n(c3c(-c3ccccc3)c3c6cccc9c%10c%11c%12ccccc%12n%12c%13ccccc%13c(cc%10n(c23)c69)c%11%12)c45)c78)cc1. The largest absolute Gasteiger partial charge is 0.308 e. The van der Waals surface area contributed by atoms with Crippen LogP contribution in [-0.2, 0) is 0 Å². The van der Waals surface area contributed by atoms with E-state index in [-0.39, 0.29) is 0 Å². The molecule has 0 saturated carbocycles. The predicted octanol–water partition coefficient (Wildman–Crippen LogP) is 17.6. The monoisotopic (exact) mass is 882 g/mol. The minimum absolute atomic E-state index is 1.22. The molecule has 19 aromatic rings. The first kappa shape index (κ1) is 34.9. The zero-order chi connectivity index (χ0) is 44.8. The average molecular weight is 883 g/mol. The molecule has 11 aromatic carbocycles. The number of para-hydroxylation sites is 6. The Kier molecular flexibility index (Phi) is 5.80. The highest BCUT2D eigenvalue weighted by atomic mass is 15.0. The van der Waals surface area contributed by atoms with Gasteiger partial charge in [0.1, 0.15) is 0 Å². The Balaban J connectivity index is 1.13. The number of hydrogen-bond donors (Lipinski definition) is 0. The van der Waals surface area contributed by atoms with Crippen LogP contribution in [0.4, 0.5) is 0 Å². The van der Waals surface area contributed by atoms with E-state index in [0.29, 0.717) is 0 Å². The third kappa shape index (κ3) is 3.66. The molecule has 0 unspecified atom stereocenters. The van der Waals surface area contributed by atoms with Crippen LogP contribution in [0.15, 0.2) is 206 Å². The Morgan fingerprint density at radius 3 is 0.929 bits per heavy atom. The maximum Gasteiger partial charge on any atom is 0.0634 e. The van der Waals surface area contributed by atoms with Crippen molar-refractivity contribution in [3.63, 3.8) is 0 Å². The summed E-state index contributed by atoms with van der Waals surface area (Å²) in [4.78, 5) is 0. The topological polar surface area (TPSA) is 17.6 Å². The first-order chi connectivity index (χ1) is 34.8. The molecule has 70 heavy (non-hydrogen) atoms. The van der Waals surface area contributed by atoms with Gasteiger partial charge in [-0.25, -0.2) is 0 Å². The summed E-state index contributed by atoms with van der Waals surface area (Å²) in [5, 5.41) is 20.8. The van der Waals surface area contributed by atoms with Gasteiger partial charge in [0.25, 0.3) is 0 Å². The highest BCUT2D eigenvalue weighted by Crippen LogP contribution is 2.57. The van der Waals surface area contributed by atoms with Gasteiger partial charge in [0.05, 0.1) is 66.2 Å². The Labute approximate surface area is 396 Å². The fourth-order valence-electron chi connectivity index (χ4n) is 14.5. The standard InChI is InChI=1S/C66H34N4/c1-3-17-35(18-4-1)53-59-43-27-15-25-41-56-52(34-46-38-22-8-12-30-48(38)68-50-32-14-10-24-40(50)58(56)64(46)68)70(61(41)43)66(59)54(36-19-5-2-6-20-36)60-44-28-16-26-42-55-51(69(62(42)44)65(53)60)33-45-37-21-7-11-29-47(37)67-49-31-13-9-23-39(49)57(55)63(45)67/h1-34H. The van der Waals surface area contributed by atoms with Crippen molar-refractivity contribution in [2.45, 2.75) is 0 Å². The number of rotatable bonds is 2. The summed E-state index contributed by atoms with van der Waals surface area (Å²) in [6.07, 6.45) is 0. The molecule has 0 N–H and O–H groups in total. The van der Waals surface area contributed by atoms with Crippen molar-refractivity contribution < 1.29 is 0 Å². The molecule has 0 aliphatic carbocycles. The summed E-state index contributed by atoms with van der Waals surface area (Å²) in [6, 6.07) is 77.9. The highest BCUT2D eigenvalue weighted by molar-refractivity contribution is 6.44. The van der Waals surface area contributed by atoms with Crippen LogP contribution in [0, 0.1) is 0 Å². The third-order valence-corrected chi connectivity index (χ3v) is 16.8. The van der Waals surface area contributed by atoms with E-state index in [1.54, 1.807) is 0 Å². The van der Waals surface area contributed by atoms with Crippen LogP contribution in [0.3, 0.4) is 0 Å². The molecule has 8 aromatic heterocycles. The molecule has 318 valence electrons. The van der Waals surface area contributed by atoms with E-state index in [1.165, 1.54) is 175 Å². The van der Waals surface area contributed by atoms with Gasteiger partial charge in [-0.15, -0.1) is 0 Å². The second-order valence-electron chi connectivity index (χ2n) is 19.8. The van der Waals surface area contributed by atoms with Gasteiger partial charge < -0.3 is 17.6 Å². The van der Waals surface area contributed by atoms with Crippen molar-refractivity contribution in [3.05, 3.63) is 206 Å². The fraction of sp³-hybridized carbons (Fsp3) is 0. The van der Waals surface area contributed by atoms with Gasteiger partial charge in [-0.3, -0.25) is 0 Å². The summed E-state index contributed by atoms with van der Waals surface area (Å²) >= 11 is 0. The molecule has 0 bridgehead atoms. The number of aromatic nitrogens is 4. The summed E-state index contributed by atoms with van der Waals surface area (Å²) in [5.74, 6) is 0. The first-order valence-corrected chi connectivity index (χ1v) is 24.5. The van der Waals surface area contributed by atoms with E-state index in [4.69, 9.17) is 0 Å². The van der Waals surface area contributed by atoms with E-state index in [9.17, 15) is 0 Å². The van der Waals surface area contributed by atoms with Crippen molar-refractivity contribution in [2.75, 3.05) is 0 Å². The van der Waals surface area contributed by atoms with Crippen LogP contribution >= 0.6 is 0 Å². The summed E-state index contributed by atoms with van der Waals surface area (Å²) < 4.78 is 10.4. The number of nitrogens with zero attached hydrogens (tertiary/aromatic N) is 4. The zero-order valence-corrected chi connectivity index (χ0v) is 37.4. The maximum atomic E-state index is 2.69. The number of benzene rings is 11. The van der Waals surface area contributed by atoms with Crippen molar-refractivity contribution >= 4 is 152 Å². The molecular weight excluding hydrogens is 849 g/mol. The quantitative estimate of drug-likeness (QED) is 0.165. The molecule has 4 nitrogen and oxygen atoms in total. The molecule has 8 heterocycles. The van der Waals surface area contributed by atoms with Gasteiger partial charge in [0.15, 0.2) is 0 Å². The minimum atomic E-state index is 1.22. The molecule has 0 aliphatic rings. The molecule has 19 rings (SSSR count). The van der Waals surface area contributed by atoms with Gasteiger partial charge in [-0.1, -0.05) is 170 Å².